The first kappa shape index (κ1) is 20.4. The molecule has 2 unspecified atom stereocenters. The topological polar surface area (TPSA) is 39.9 Å². The Balaban J connectivity index is 1.49. The van der Waals surface area contributed by atoms with Gasteiger partial charge < -0.3 is 9.80 Å². The number of aryl methyl sites for hydroxylation is 1. The first-order valence-electron chi connectivity index (χ1n) is 11.3. The second-order valence-electron chi connectivity index (χ2n) is 9.02. The van der Waals surface area contributed by atoms with Gasteiger partial charge in [-0.05, 0) is 64.0 Å². The fraction of sp³-hybridized carbons (Fsp3) is 0.500. The predicted molar refractivity (Wildman–Crippen MR) is 121 cm³/mol. The molecule has 6 nitrogen and oxygen atoms in total. The predicted octanol–water partition coefficient (Wildman–Crippen LogP) is 3.83. The van der Waals surface area contributed by atoms with Gasteiger partial charge in [0.05, 0.1) is 23.5 Å². The first-order chi connectivity index (χ1) is 15.0. The maximum atomic E-state index is 14.9. The van der Waals surface area contributed by atoms with Gasteiger partial charge in [0, 0.05) is 38.6 Å². The van der Waals surface area contributed by atoms with Crippen LogP contribution >= 0.6 is 0 Å². The minimum atomic E-state index is -0.181. The van der Waals surface area contributed by atoms with Crippen molar-refractivity contribution >= 4 is 11.5 Å². The number of piperazine rings is 1. The highest BCUT2D eigenvalue weighted by Crippen LogP contribution is 2.40. The smallest absolute Gasteiger partial charge is 0.164 e. The zero-order valence-corrected chi connectivity index (χ0v) is 18.6. The summed E-state index contributed by atoms with van der Waals surface area (Å²) in [6.07, 6.45) is 7.22. The number of imidazole rings is 1. The molecule has 3 aromatic heterocycles. The van der Waals surface area contributed by atoms with Gasteiger partial charge in [0.1, 0.15) is 5.65 Å². The summed E-state index contributed by atoms with van der Waals surface area (Å²) >= 11 is 0. The van der Waals surface area contributed by atoms with Crippen molar-refractivity contribution in [2.75, 3.05) is 45.2 Å². The van der Waals surface area contributed by atoms with Crippen molar-refractivity contribution < 1.29 is 4.39 Å². The Hall–Kier alpha value is -2.51. The third kappa shape index (κ3) is 3.70. The van der Waals surface area contributed by atoms with E-state index in [-0.39, 0.29) is 17.9 Å². The second kappa shape index (κ2) is 8.20. The Labute approximate surface area is 183 Å². The zero-order valence-electron chi connectivity index (χ0n) is 18.6. The molecule has 3 aromatic rings. The Bertz CT molecular complexity index is 1070. The molecule has 2 saturated heterocycles. The Morgan fingerprint density at radius 3 is 2.55 bits per heavy atom. The van der Waals surface area contributed by atoms with E-state index in [0.717, 1.165) is 62.5 Å². The molecule has 0 amide bonds. The molecule has 31 heavy (non-hydrogen) atoms. The normalized spacial score (nSPS) is 23.5. The standard InChI is InChI=1S/C24H31FN6/c1-17-6-5-11-26-23(17)21-8-4-7-20(29(21)3)19-16-31-22(27-19)10-9-18(25)24(31)30-14-12-28(2)13-15-30/h5-6,9-11,16,20-21H,4,7-8,12-15H2,1-3H3. The number of likely N-dealkylation sites (N-methyl/N-ethyl adjacent to an activating group) is 1. The molecule has 164 valence electrons. The molecule has 5 rings (SSSR count). The van der Waals surface area contributed by atoms with Crippen LogP contribution in [0.15, 0.2) is 36.7 Å². The molecule has 2 aliphatic heterocycles. The Morgan fingerprint density at radius 1 is 1.00 bits per heavy atom. The summed E-state index contributed by atoms with van der Waals surface area (Å²) in [6.45, 7) is 5.66. The molecule has 0 saturated carbocycles. The number of piperidine rings is 1. The summed E-state index contributed by atoms with van der Waals surface area (Å²) in [5, 5.41) is 0. The van der Waals surface area contributed by atoms with E-state index in [4.69, 9.17) is 4.98 Å². The fourth-order valence-electron chi connectivity index (χ4n) is 5.18. The number of hydrogen-bond acceptors (Lipinski definition) is 5. The molecular weight excluding hydrogens is 391 g/mol. The molecule has 0 N–H and O–H groups in total. The van der Waals surface area contributed by atoms with E-state index in [1.807, 2.05) is 16.7 Å². The van der Waals surface area contributed by atoms with Crippen LogP contribution in [-0.2, 0) is 0 Å². The molecular formula is C24H31FN6. The van der Waals surface area contributed by atoms with Gasteiger partial charge in [-0.2, -0.15) is 0 Å². The number of hydrogen-bond donors (Lipinski definition) is 0. The van der Waals surface area contributed by atoms with Crippen molar-refractivity contribution in [1.29, 1.82) is 0 Å². The van der Waals surface area contributed by atoms with Crippen LogP contribution in [0.5, 0.6) is 0 Å². The van der Waals surface area contributed by atoms with E-state index >= 15 is 0 Å². The lowest BCUT2D eigenvalue weighted by atomic mass is 9.91. The number of pyridine rings is 2. The molecule has 2 aliphatic rings. The average molecular weight is 423 g/mol. The van der Waals surface area contributed by atoms with Crippen molar-refractivity contribution in [1.82, 2.24) is 24.2 Å². The zero-order chi connectivity index (χ0) is 21.5. The van der Waals surface area contributed by atoms with Crippen molar-refractivity contribution in [3.8, 4) is 0 Å². The van der Waals surface area contributed by atoms with Crippen LogP contribution in [0, 0.1) is 12.7 Å². The van der Waals surface area contributed by atoms with E-state index < -0.39 is 0 Å². The minimum absolute atomic E-state index is 0.181. The van der Waals surface area contributed by atoms with Crippen molar-refractivity contribution in [2.24, 2.45) is 0 Å². The highest BCUT2D eigenvalue weighted by Gasteiger charge is 2.33. The van der Waals surface area contributed by atoms with Gasteiger partial charge in [-0.25, -0.2) is 9.37 Å². The van der Waals surface area contributed by atoms with Gasteiger partial charge in [-0.3, -0.25) is 14.3 Å². The lowest BCUT2D eigenvalue weighted by Gasteiger charge is -2.39. The fourth-order valence-corrected chi connectivity index (χ4v) is 5.18. The quantitative estimate of drug-likeness (QED) is 0.642. The van der Waals surface area contributed by atoms with E-state index in [9.17, 15) is 4.39 Å². The lowest BCUT2D eigenvalue weighted by Crippen LogP contribution is -2.45. The highest BCUT2D eigenvalue weighted by molar-refractivity contribution is 5.54. The average Bonchev–Trinajstić information content (AvgIpc) is 3.19. The number of aromatic nitrogens is 3. The molecule has 0 radical (unpaired) electrons. The maximum Gasteiger partial charge on any atom is 0.164 e. The Morgan fingerprint density at radius 2 is 1.77 bits per heavy atom. The molecule has 0 aliphatic carbocycles. The third-order valence-electron chi connectivity index (χ3n) is 7.02. The van der Waals surface area contributed by atoms with Gasteiger partial charge in [-0.1, -0.05) is 6.07 Å². The molecule has 7 heteroatoms. The second-order valence-corrected chi connectivity index (χ2v) is 9.02. The maximum absolute atomic E-state index is 14.9. The van der Waals surface area contributed by atoms with Gasteiger partial charge in [0.2, 0.25) is 0 Å². The lowest BCUT2D eigenvalue weighted by molar-refractivity contribution is 0.109. The summed E-state index contributed by atoms with van der Waals surface area (Å²) in [4.78, 5) is 16.5. The van der Waals surface area contributed by atoms with Crippen LogP contribution in [0.4, 0.5) is 10.2 Å². The number of rotatable bonds is 3. The number of anilines is 1. The van der Waals surface area contributed by atoms with Crippen LogP contribution in [0.3, 0.4) is 0 Å². The minimum Gasteiger partial charge on any atom is -0.353 e. The van der Waals surface area contributed by atoms with Crippen LogP contribution in [0.2, 0.25) is 0 Å². The SMILES string of the molecule is Cc1cccnc1C1CCCC(c2cn3c(N4CCN(C)CC4)c(F)ccc3n2)N1C. The first-order valence-corrected chi connectivity index (χ1v) is 11.3. The summed E-state index contributed by atoms with van der Waals surface area (Å²) in [7, 11) is 4.29. The van der Waals surface area contributed by atoms with Gasteiger partial charge in [0.25, 0.3) is 0 Å². The van der Waals surface area contributed by atoms with E-state index in [1.54, 1.807) is 12.1 Å². The van der Waals surface area contributed by atoms with Gasteiger partial charge >= 0.3 is 0 Å². The third-order valence-corrected chi connectivity index (χ3v) is 7.02. The van der Waals surface area contributed by atoms with Gasteiger partial charge in [-0.15, -0.1) is 0 Å². The molecule has 0 aromatic carbocycles. The summed E-state index contributed by atoms with van der Waals surface area (Å²) in [6, 6.07) is 7.96. The number of fused-ring (bicyclic) bond motifs is 1. The van der Waals surface area contributed by atoms with E-state index in [2.05, 4.69) is 53.0 Å². The largest absolute Gasteiger partial charge is 0.353 e. The van der Waals surface area contributed by atoms with Crippen molar-refractivity contribution in [3.63, 3.8) is 0 Å². The van der Waals surface area contributed by atoms with Crippen LogP contribution in [0.25, 0.3) is 5.65 Å². The van der Waals surface area contributed by atoms with Crippen molar-refractivity contribution in [3.05, 3.63) is 59.4 Å². The molecule has 5 heterocycles. The summed E-state index contributed by atoms with van der Waals surface area (Å²) in [5.41, 5.74) is 4.22. The van der Waals surface area contributed by atoms with Crippen molar-refractivity contribution in [2.45, 2.75) is 38.3 Å². The molecule has 2 atom stereocenters. The van der Waals surface area contributed by atoms with E-state index in [0.29, 0.717) is 5.82 Å². The summed E-state index contributed by atoms with van der Waals surface area (Å²) in [5.74, 6) is 0.458. The monoisotopic (exact) mass is 422 g/mol. The number of likely N-dealkylation sites (tertiary alicyclic amines) is 1. The Kier molecular flexibility index (Phi) is 5.40. The number of nitrogens with zero attached hydrogens (tertiary/aromatic N) is 6. The van der Waals surface area contributed by atoms with Crippen LogP contribution in [0.1, 0.15) is 48.3 Å². The number of halogens is 1. The van der Waals surface area contributed by atoms with Gasteiger partial charge in [0.15, 0.2) is 11.6 Å². The molecule has 2 fully saturated rings. The molecule has 0 spiro atoms. The molecule has 0 bridgehead atoms. The van der Waals surface area contributed by atoms with Crippen LogP contribution in [-0.4, -0.2) is 64.4 Å². The summed E-state index contributed by atoms with van der Waals surface area (Å²) < 4.78 is 16.9. The van der Waals surface area contributed by atoms with E-state index in [1.165, 1.54) is 5.56 Å². The van der Waals surface area contributed by atoms with Crippen LogP contribution < -0.4 is 4.90 Å². The highest BCUT2D eigenvalue weighted by atomic mass is 19.1.